The number of carbonyl (C=O) groups is 2. The van der Waals surface area contributed by atoms with Gasteiger partial charge in [0.2, 0.25) is 5.91 Å². The smallest absolute Gasteiger partial charge is 0.303 e. The zero-order valence-corrected chi connectivity index (χ0v) is 19.4. The van der Waals surface area contributed by atoms with Gasteiger partial charge in [0.15, 0.2) is 0 Å². The van der Waals surface area contributed by atoms with Crippen molar-refractivity contribution in [2.75, 3.05) is 6.54 Å². The third kappa shape index (κ3) is 11.0. The van der Waals surface area contributed by atoms with E-state index in [4.69, 9.17) is 5.73 Å². The number of rotatable bonds is 15. The molecule has 0 heterocycles. The van der Waals surface area contributed by atoms with Crippen LogP contribution in [0.2, 0.25) is 0 Å². The van der Waals surface area contributed by atoms with E-state index in [1.807, 2.05) is 26.0 Å². The van der Waals surface area contributed by atoms with Crippen LogP contribution >= 0.6 is 0 Å². The van der Waals surface area contributed by atoms with Crippen LogP contribution in [-0.4, -0.2) is 35.0 Å². The van der Waals surface area contributed by atoms with Gasteiger partial charge in [0, 0.05) is 5.57 Å². The van der Waals surface area contributed by atoms with Gasteiger partial charge < -0.3 is 10.8 Å². The molecule has 3 N–H and O–H groups in total. The molecule has 32 heavy (non-hydrogen) atoms. The molecule has 0 aliphatic heterocycles. The van der Waals surface area contributed by atoms with Gasteiger partial charge in [-0.25, -0.2) is 4.99 Å². The van der Waals surface area contributed by atoms with Crippen molar-refractivity contribution in [3.05, 3.63) is 85.2 Å². The molecular formula is C26H35N3O3. The van der Waals surface area contributed by atoms with Gasteiger partial charge in [-0.2, -0.15) is 0 Å². The SMILES string of the molecule is C=C/C=C\C(=C/C)C(=NC(=C)C=C)C(CCC(CC(=O)O)C(=C)C)=NC/C=C(\C)C(N)=O. The fourth-order valence-corrected chi connectivity index (χ4v) is 2.68. The first-order valence-corrected chi connectivity index (χ1v) is 10.3. The predicted molar refractivity (Wildman–Crippen MR) is 135 cm³/mol. The van der Waals surface area contributed by atoms with Gasteiger partial charge in [-0.1, -0.05) is 62.3 Å². The number of carboxylic acid groups (broad SMARTS) is 1. The van der Waals surface area contributed by atoms with E-state index in [1.165, 1.54) is 0 Å². The second-order valence-corrected chi connectivity index (χ2v) is 7.21. The quantitative estimate of drug-likeness (QED) is 0.160. The highest BCUT2D eigenvalue weighted by Gasteiger charge is 2.18. The van der Waals surface area contributed by atoms with E-state index in [-0.39, 0.29) is 18.9 Å². The number of allylic oxidation sites excluding steroid dienone is 7. The predicted octanol–water partition coefficient (Wildman–Crippen LogP) is 5.14. The van der Waals surface area contributed by atoms with Crippen LogP contribution in [0.1, 0.15) is 40.0 Å². The molecule has 0 bridgehead atoms. The number of primary amides is 1. The molecule has 6 heteroatoms. The molecule has 0 saturated carbocycles. The molecule has 6 nitrogen and oxygen atoms in total. The molecular weight excluding hydrogens is 402 g/mol. The van der Waals surface area contributed by atoms with E-state index in [2.05, 4.69) is 36.3 Å². The van der Waals surface area contributed by atoms with Crippen LogP contribution in [-0.2, 0) is 9.59 Å². The molecule has 172 valence electrons. The van der Waals surface area contributed by atoms with Crippen LogP contribution < -0.4 is 5.73 Å². The molecule has 0 aromatic rings. The van der Waals surface area contributed by atoms with Gasteiger partial charge in [0.05, 0.1) is 30.1 Å². The lowest BCUT2D eigenvalue weighted by Crippen LogP contribution is -2.20. The minimum absolute atomic E-state index is 0.0119. The van der Waals surface area contributed by atoms with E-state index in [0.717, 1.165) is 11.1 Å². The fourth-order valence-electron chi connectivity index (χ4n) is 2.68. The van der Waals surface area contributed by atoms with Crippen molar-refractivity contribution < 1.29 is 14.7 Å². The van der Waals surface area contributed by atoms with Crippen molar-refractivity contribution in [3.8, 4) is 0 Å². The maximum absolute atomic E-state index is 11.3. The Morgan fingerprint density at radius 3 is 2.31 bits per heavy atom. The monoisotopic (exact) mass is 437 g/mol. The van der Waals surface area contributed by atoms with Crippen molar-refractivity contribution in [3.63, 3.8) is 0 Å². The lowest BCUT2D eigenvalue weighted by atomic mass is 9.90. The van der Waals surface area contributed by atoms with Gasteiger partial charge in [0.1, 0.15) is 0 Å². The minimum Gasteiger partial charge on any atom is -0.481 e. The number of nitrogens with two attached hydrogens (primary N) is 1. The van der Waals surface area contributed by atoms with Gasteiger partial charge in [-0.15, -0.1) is 0 Å². The summed E-state index contributed by atoms with van der Waals surface area (Å²) < 4.78 is 0. The Morgan fingerprint density at radius 2 is 1.84 bits per heavy atom. The molecule has 1 amide bonds. The molecule has 1 unspecified atom stereocenters. The molecule has 0 radical (unpaired) electrons. The van der Waals surface area contributed by atoms with Crippen LogP contribution in [0.25, 0.3) is 0 Å². The van der Waals surface area contributed by atoms with Gasteiger partial charge in [-0.3, -0.25) is 14.6 Å². The Balaban J connectivity index is 6.37. The second-order valence-electron chi connectivity index (χ2n) is 7.21. The summed E-state index contributed by atoms with van der Waals surface area (Å²) in [7, 11) is 0. The zero-order valence-electron chi connectivity index (χ0n) is 19.4. The molecule has 0 aromatic carbocycles. The van der Waals surface area contributed by atoms with Crippen molar-refractivity contribution >= 4 is 23.3 Å². The summed E-state index contributed by atoms with van der Waals surface area (Å²) >= 11 is 0. The summed E-state index contributed by atoms with van der Waals surface area (Å²) in [4.78, 5) is 31.9. The van der Waals surface area contributed by atoms with Crippen LogP contribution in [0.3, 0.4) is 0 Å². The van der Waals surface area contributed by atoms with E-state index in [1.54, 1.807) is 31.2 Å². The minimum atomic E-state index is -0.881. The molecule has 0 rings (SSSR count). The highest BCUT2D eigenvalue weighted by molar-refractivity contribution is 6.49. The Labute approximate surface area is 191 Å². The standard InChI is InChI=1S/C26H35N3O3/c1-8-11-12-21(10-3)25(29-20(7)9-2)23(28-16-15-19(6)26(27)32)14-13-22(18(4)5)17-24(30)31/h8-12,15,22H,1-2,4,7,13-14,16-17H2,3,5-6H3,(H2,27,32)(H,30,31)/b12-11-,19-15+,21-10+,28-23?,29-25?. The van der Waals surface area contributed by atoms with Crippen molar-refractivity contribution in [2.24, 2.45) is 21.6 Å². The van der Waals surface area contributed by atoms with E-state index in [0.29, 0.717) is 35.5 Å². The number of hydrogen-bond donors (Lipinski definition) is 2. The van der Waals surface area contributed by atoms with Gasteiger partial charge >= 0.3 is 5.97 Å². The first kappa shape index (κ1) is 28.5. The molecule has 0 fully saturated rings. The van der Waals surface area contributed by atoms with Crippen molar-refractivity contribution in [1.82, 2.24) is 0 Å². The summed E-state index contributed by atoms with van der Waals surface area (Å²) in [5.41, 5.74) is 9.01. The average molecular weight is 438 g/mol. The Hall–Kier alpha value is -3.54. The molecule has 0 saturated heterocycles. The van der Waals surface area contributed by atoms with Crippen LogP contribution in [0.5, 0.6) is 0 Å². The number of hydrogen-bond acceptors (Lipinski definition) is 4. The molecule has 0 aliphatic rings. The largest absolute Gasteiger partial charge is 0.481 e. The number of aliphatic carboxylic acids is 1. The average Bonchev–Trinajstić information content (AvgIpc) is 2.73. The van der Waals surface area contributed by atoms with Crippen LogP contribution in [0, 0.1) is 5.92 Å². The summed E-state index contributed by atoms with van der Waals surface area (Å²) in [5, 5.41) is 9.24. The van der Waals surface area contributed by atoms with Gasteiger partial charge in [0.25, 0.3) is 0 Å². The lowest BCUT2D eigenvalue weighted by Gasteiger charge is -2.17. The second kappa shape index (κ2) is 15.3. The summed E-state index contributed by atoms with van der Waals surface area (Å²) in [6.45, 7) is 20.8. The Kier molecular flexibility index (Phi) is 13.6. The third-order valence-corrected chi connectivity index (χ3v) is 4.68. The highest BCUT2D eigenvalue weighted by atomic mass is 16.4. The highest BCUT2D eigenvalue weighted by Crippen LogP contribution is 2.21. The van der Waals surface area contributed by atoms with E-state index < -0.39 is 11.9 Å². The fraction of sp³-hybridized carbons (Fsp3) is 0.308. The number of carbonyl (C=O) groups excluding carboxylic acids is 1. The summed E-state index contributed by atoms with van der Waals surface area (Å²) in [6.07, 6.45) is 11.4. The summed E-state index contributed by atoms with van der Waals surface area (Å²) in [5.74, 6) is -1.60. The molecule has 1 atom stereocenters. The van der Waals surface area contributed by atoms with Crippen molar-refractivity contribution in [1.29, 1.82) is 0 Å². The molecule has 0 aromatic heterocycles. The molecule has 0 aliphatic carbocycles. The third-order valence-electron chi connectivity index (χ3n) is 4.68. The number of carboxylic acids is 1. The first-order valence-electron chi connectivity index (χ1n) is 10.3. The maximum Gasteiger partial charge on any atom is 0.303 e. The Bertz CT molecular complexity index is 899. The maximum atomic E-state index is 11.3. The van der Waals surface area contributed by atoms with Crippen molar-refractivity contribution in [2.45, 2.75) is 40.0 Å². The molecule has 0 spiro atoms. The number of amides is 1. The number of nitrogens with zero attached hydrogens (tertiary/aromatic N) is 2. The Morgan fingerprint density at radius 1 is 1.19 bits per heavy atom. The summed E-state index contributed by atoms with van der Waals surface area (Å²) in [6, 6.07) is 0. The zero-order chi connectivity index (χ0) is 24.7. The number of aliphatic imine (C=N–C) groups is 2. The first-order chi connectivity index (χ1) is 15.1. The lowest BCUT2D eigenvalue weighted by molar-refractivity contribution is -0.137. The van der Waals surface area contributed by atoms with Gasteiger partial charge in [-0.05, 0) is 51.2 Å². The van der Waals surface area contributed by atoms with E-state index in [9.17, 15) is 14.7 Å². The normalized spacial score (nSPS) is 14.2. The topological polar surface area (TPSA) is 105 Å². The van der Waals surface area contributed by atoms with Crippen LogP contribution in [0.4, 0.5) is 0 Å². The van der Waals surface area contributed by atoms with Crippen LogP contribution in [0.15, 0.2) is 95.2 Å². The van der Waals surface area contributed by atoms with E-state index >= 15 is 0 Å².